The molecular weight excluding hydrogens is 416 g/mol. The molecule has 9 heteroatoms. The zero-order chi connectivity index (χ0) is 23.8. The predicted octanol–water partition coefficient (Wildman–Crippen LogP) is 3.41. The van der Waals surface area contributed by atoms with Gasteiger partial charge in [-0.3, -0.25) is 14.9 Å². The summed E-state index contributed by atoms with van der Waals surface area (Å²) in [4.78, 5) is 50.7. The van der Waals surface area contributed by atoms with Gasteiger partial charge in [-0.15, -0.1) is 0 Å². The van der Waals surface area contributed by atoms with Crippen LogP contribution < -0.4 is 5.32 Å². The first-order valence-electron chi connectivity index (χ1n) is 10.7. The van der Waals surface area contributed by atoms with Gasteiger partial charge in [-0.1, -0.05) is 30.3 Å². The number of nitrogens with one attached hydrogen (secondary N) is 1. The largest absolute Gasteiger partial charge is 0.466 e. The minimum Gasteiger partial charge on any atom is -0.466 e. The summed E-state index contributed by atoms with van der Waals surface area (Å²) in [6.45, 7) is 7.57. The third kappa shape index (κ3) is 8.20. The van der Waals surface area contributed by atoms with E-state index in [2.05, 4.69) is 5.32 Å². The Morgan fingerprint density at radius 2 is 1.75 bits per heavy atom. The van der Waals surface area contributed by atoms with Crippen molar-refractivity contribution in [3.05, 3.63) is 35.9 Å². The van der Waals surface area contributed by atoms with Crippen molar-refractivity contribution in [3.63, 3.8) is 0 Å². The van der Waals surface area contributed by atoms with Crippen LogP contribution in [-0.2, 0) is 30.4 Å². The number of benzene rings is 1. The number of carbonyl (C=O) groups excluding carboxylic acids is 4. The van der Waals surface area contributed by atoms with E-state index in [-0.39, 0.29) is 32.6 Å². The average molecular weight is 449 g/mol. The number of ether oxygens (including phenoxy) is 3. The minimum absolute atomic E-state index is 0.0506. The Labute approximate surface area is 188 Å². The highest BCUT2D eigenvalue weighted by Crippen LogP contribution is 2.38. The molecule has 1 aromatic carbocycles. The summed E-state index contributed by atoms with van der Waals surface area (Å²) in [7, 11) is 0. The Balaban J connectivity index is 2.01. The van der Waals surface area contributed by atoms with Crippen molar-refractivity contribution in [1.82, 2.24) is 10.2 Å². The molecule has 1 saturated heterocycles. The van der Waals surface area contributed by atoms with E-state index in [0.29, 0.717) is 13.0 Å². The van der Waals surface area contributed by atoms with E-state index in [1.165, 1.54) is 4.90 Å². The molecule has 176 valence electrons. The summed E-state index contributed by atoms with van der Waals surface area (Å²) in [6.07, 6.45) is -1.16. The molecule has 1 N–H and O–H groups in total. The molecule has 1 fully saturated rings. The number of nitrogens with zero attached hydrogens (tertiary/aromatic N) is 1. The van der Waals surface area contributed by atoms with Crippen molar-refractivity contribution in [3.8, 4) is 0 Å². The van der Waals surface area contributed by atoms with Crippen LogP contribution in [-0.4, -0.2) is 54.3 Å². The normalized spacial score (nSPS) is 18.1. The summed E-state index contributed by atoms with van der Waals surface area (Å²) in [5.41, 5.74) is -0.751. The third-order valence-corrected chi connectivity index (χ3v) is 4.90. The molecule has 1 heterocycles. The number of hydrogen-bond donors (Lipinski definition) is 1. The number of alkyl carbamates (subject to hydrolysis) is 1. The second-order valence-electron chi connectivity index (χ2n) is 8.92. The van der Waals surface area contributed by atoms with Gasteiger partial charge in [0.25, 0.3) is 0 Å². The van der Waals surface area contributed by atoms with Crippen molar-refractivity contribution in [2.75, 3.05) is 19.7 Å². The van der Waals surface area contributed by atoms with Crippen molar-refractivity contribution in [2.45, 2.75) is 59.2 Å². The molecular formula is C23H32N2O7. The van der Waals surface area contributed by atoms with Crippen LogP contribution in [0.1, 0.15) is 52.5 Å². The molecule has 32 heavy (non-hydrogen) atoms. The molecule has 0 spiro atoms. The smallest absolute Gasteiger partial charge is 0.414 e. The van der Waals surface area contributed by atoms with E-state index < -0.39 is 35.1 Å². The summed E-state index contributed by atoms with van der Waals surface area (Å²) in [5, 5.41) is 2.20. The molecule has 1 aromatic rings. The zero-order valence-electron chi connectivity index (χ0n) is 19.1. The van der Waals surface area contributed by atoms with Crippen LogP contribution in [0.15, 0.2) is 30.3 Å². The van der Waals surface area contributed by atoms with Gasteiger partial charge in [0.2, 0.25) is 5.91 Å². The van der Waals surface area contributed by atoms with E-state index in [9.17, 15) is 19.2 Å². The first kappa shape index (κ1) is 25.2. The number of carbonyl (C=O) groups is 4. The molecule has 0 radical (unpaired) electrons. The lowest BCUT2D eigenvalue weighted by Gasteiger charge is -2.28. The van der Waals surface area contributed by atoms with Gasteiger partial charge in [-0.25, -0.2) is 9.59 Å². The quantitative estimate of drug-likeness (QED) is 0.503. The molecule has 2 rings (SSSR count). The fourth-order valence-corrected chi connectivity index (χ4v) is 3.57. The minimum atomic E-state index is -0.857. The number of likely N-dealkylation sites (tertiary alicyclic amines) is 1. The topological polar surface area (TPSA) is 111 Å². The van der Waals surface area contributed by atoms with Crippen molar-refractivity contribution >= 4 is 24.1 Å². The number of hydrogen-bond acceptors (Lipinski definition) is 7. The van der Waals surface area contributed by atoms with Gasteiger partial charge in [-0.05, 0) is 39.7 Å². The van der Waals surface area contributed by atoms with Crippen molar-refractivity contribution in [2.24, 2.45) is 5.41 Å². The summed E-state index contributed by atoms with van der Waals surface area (Å²) in [6, 6.07) is 9.28. The van der Waals surface area contributed by atoms with Crippen LogP contribution in [0, 0.1) is 5.41 Å². The van der Waals surface area contributed by atoms with E-state index in [0.717, 1.165) is 5.56 Å². The molecule has 9 nitrogen and oxygen atoms in total. The third-order valence-electron chi connectivity index (χ3n) is 4.90. The molecule has 3 amide bonds. The number of rotatable bonds is 7. The molecule has 0 saturated carbocycles. The summed E-state index contributed by atoms with van der Waals surface area (Å²) in [5.74, 6) is -1.04. The second-order valence-corrected chi connectivity index (χ2v) is 8.92. The van der Waals surface area contributed by atoms with Crippen LogP contribution in [0.2, 0.25) is 0 Å². The molecule has 0 aliphatic carbocycles. The molecule has 1 aliphatic heterocycles. The highest BCUT2D eigenvalue weighted by Gasteiger charge is 2.44. The van der Waals surface area contributed by atoms with Crippen molar-refractivity contribution in [1.29, 1.82) is 0 Å². The van der Waals surface area contributed by atoms with Crippen molar-refractivity contribution < 1.29 is 33.4 Å². The summed E-state index contributed by atoms with van der Waals surface area (Å²) < 4.78 is 15.6. The standard InChI is InChI=1S/C23H32N2O7/c1-5-30-19(27)14-23(13-18(26)24-20(28)32-22(2,3)4)11-12-25(16-23)21(29)31-15-17-9-7-6-8-10-17/h6-10H,5,11-16H2,1-4H3,(H,24,26,28). The van der Waals surface area contributed by atoms with Crippen LogP contribution >= 0.6 is 0 Å². The van der Waals surface area contributed by atoms with Gasteiger partial charge in [0.1, 0.15) is 12.2 Å². The highest BCUT2D eigenvalue weighted by molar-refractivity contribution is 5.92. The van der Waals surface area contributed by atoms with Crippen LogP contribution in [0.4, 0.5) is 9.59 Å². The van der Waals surface area contributed by atoms with Crippen LogP contribution in [0.25, 0.3) is 0 Å². The SMILES string of the molecule is CCOC(=O)CC1(CC(=O)NC(=O)OC(C)(C)C)CCN(C(=O)OCc2ccccc2)C1. The fraction of sp³-hybridized carbons (Fsp3) is 0.565. The first-order chi connectivity index (χ1) is 15.0. The zero-order valence-corrected chi connectivity index (χ0v) is 19.1. The van der Waals surface area contributed by atoms with E-state index in [1.807, 2.05) is 30.3 Å². The maximum Gasteiger partial charge on any atom is 0.414 e. The fourth-order valence-electron chi connectivity index (χ4n) is 3.57. The molecule has 1 unspecified atom stereocenters. The maximum absolute atomic E-state index is 12.6. The molecule has 1 aliphatic rings. The Bertz CT molecular complexity index is 819. The Kier molecular flexibility index (Phi) is 8.63. The lowest BCUT2D eigenvalue weighted by atomic mass is 9.80. The summed E-state index contributed by atoms with van der Waals surface area (Å²) >= 11 is 0. The van der Waals surface area contributed by atoms with Gasteiger partial charge >= 0.3 is 18.2 Å². The molecule has 0 aromatic heterocycles. The number of imide groups is 1. The van der Waals surface area contributed by atoms with Gasteiger partial charge < -0.3 is 19.1 Å². The molecule has 1 atom stereocenters. The van der Waals surface area contributed by atoms with Gasteiger partial charge in [0.15, 0.2) is 0 Å². The number of amides is 3. The lowest BCUT2D eigenvalue weighted by molar-refractivity contribution is -0.146. The average Bonchev–Trinajstić information content (AvgIpc) is 3.08. The van der Waals surface area contributed by atoms with Gasteiger partial charge in [0.05, 0.1) is 13.0 Å². The van der Waals surface area contributed by atoms with Crippen LogP contribution in [0.5, 0.6) is 0 Å². The number of esters is 1. The molecule has 0 bridgehead atoms. The van der Waals surface area contributed by atoms with Gasteiger partial charge in [-0.2, -0.15) is 0 Å². The van der Waals surface area contributed by atoms with Crippen LogP contribution in [0.3, 0.4) is 0 Å². The predicted molar refractivity (Wildman–Crippen MR) is 115 cm³/mol. The Morgan fingerprint density at radius 3 is 2.38 bits per heavy atom. The first-order valence-corrected chi connectivity index (χ1v) is 10.7. The highest BCUT2D eigenvalue weighted by atomic mass is 16.6. The Morgan fingerprint density at radius 1 is 1.06 bits per heavy atom. The second kappa shape index (κ2) is 11.0. The monoisotopic (exact) mass is 448 g/mol. The van der Waals surface area contributed by atoms with E-state index in [4.69, 9.17) is 14.2 Å². The Hall–Kier alpha value is -3.10. The van der Waals surface area contributed by atoms with E-state index >= 15 is 0 Å². The van der Waals surface area contributed by atoms with Gasteiger partial charge in [0, 0.05) is 24.9 Å². The van der Waals surface area contributed by atoms with E-state index in [1.54, 1.807) is 27.7 Å². The lowest BCUT2D eigenvalue weighted by Crippen LogP contribution is -2.41. The maximum atomic E-state index is 12.6.